The largest absolute Gasteiger partial charge is 0.458 e. The van der Waals surface area contributed by atoms with Crippen molar-refractivity contribution in [1.82, 2.24) is 0 Å². The van der Waals surface area contributed by atoms with E-state index < -0.39 is 48.7 Å². The van der Waals surface area contributed by atoms with Crippen molar-refractivity contribution in [1.29, 1.82) is 0 Å². The number of fused-ring (bicyclic) bond motifs is 1. The molecule has 0 bridgehead atoms. The van der Waals surface area contributed by atoms with Crippen LogP contribution < -0.4 is 0 Å². The number of carbonyl (C=O) groups is 3. The van der Waals surface area contributed by atoms with Crippen molar-refractivity contribution in [2.45, 2.75) is 58.8 Å². The molecule has 0 unspecified atom stereocenters. The summed E-state index contributed by atoms with van der Waals surface area (Å²) in [6, 6.07) is 0. The van der Waals surface area contributed by atoms with Crippen molar-refractivity contribution in [3.63, 3.8) is 0 Å². The Hall–Kier alpha value is -2.67. The number of ether oxygens (including phenoxy) is 3. The number of hydrogen-bond donors (Lipinski definition) is 1. The van der Waals surface area contributed by atoms with E-state index in [4.69, 9.17) is 14.2 Å². The second kappa shape index (κ2) is 9.69. The van der Waals surface area contributed by atoms with Crippen molar-refractivity contribution >= 4 is 17.9 Å². The van der Waals surface area contributed by atoms with Gasteiger partial charge in [0.05, 0.1) is 18.1 Å². The van der Waals surface area contributed by atoms with Crippen LogP contribution in [0.15, 0.2) is 47.1 Å². The van der Waals surface area contributed by atoms with E-state index in [1.54, 1.807) is 19.9 Å². The minimum Gasteiger partial charge on any atom is -0.458 e. The first-order chi connectivity index (χ1) is 13.7. The SMILES string of the molecule is C=C1C(=O)O[C@@H]2/C=C(/C)[C@@H](OC(C)=O)C/C=C(\C)C[C@@H](OC(=O)/C(=C/C)CO)[C@@H]12. The fraction of sp³-hybridized carbons (Fsp3) is 0.500. The molecule has 1 saturated heterocycles. The topological polar surface area (TPSA) is 99.1 Å². The summed E-state index contributed by atoms with van der Waals surface area (Å²) in [5.74, 6) is -2.18. The minimum absolute atomic E-state index is 0.137. The molecule has 1 heterocycles. The van der Waals surface area contributed by atoms with E-state index >= 15 is 0 Å². The molecule has 0 aromatic carbocycles. The summed E-state index contributed by atoms with van der Waals surface area (Å²) < 4.78 is 16.5. The summed E-state index contributed by atoms with van der Waals surface area (Å²) >= 11 is 0. The average molecular weight is 404 g/mol. The summed E-state index contributed by atoms with van der Waals surface area (Å²) in [4.78, 5) is 36.1. The normalized spacial score (nSPS) is 31.6. The first-order valence-corrected chi connectivity index (χ1v) is 9.55. The van der Waals surface area contributed by atoms with Gasteiger partial charge in [-0.2, -0.15) is 0 Å². The lowest BCUT2D eigenvalue weighted by Crippen LogP contribution is -2.34. The van der Waals surface area contributed by atoms with Crippen molar-refractivity contribution in [2.75, 3.05) is 6.61 Å². The van der Waals surface area contributed by atoms with Crippen LogP contribution in [0.1, 0.15) is 40.5 Å². The van der Waals surface area contributed by atoms with Gasteiger partial charge in [0.25, 0.3) is 0 Å². The van der Waals surface area contributed by atoms with Gasteiger partial charge in [0, 0.05) is 25.3 Å². The quantitative estimate of drug-likeness (QED) is 0.333. The highest BCUT2D eigenvalue weighted by molar-refractivity contribution is 5.92. The molecule has 0 amide bonds. The molecule has 7 nitrogen and oxygen atoms in total. The summed E-state index contributed by atoms with van der Waals surface area (Å²) in [5, 5.41) is 9.35. The van der Waals surface area contributed by atoms with Crippen LogP contribution >= 0.6 is 0 Å². The predicted octanol–water partition coefficient (Wildman–Crippen LogP) is 2.55. The van der Waals surface area contributed by atoms with Crippen LogP contribution in [0.3, 0.4) is 0 Å². The Morgan fingerprint density at radius 2 is 2.03 bits per heavy atom. The number of aliphatic hydroxyl groups is 1. The lowest BCUT2D eigenvalue weighted by atomic mass is 9.85. The highest BCUT2D eigenvalue weighted by Gasteiger charge is 2.45. The van der Waals surface area contributed by atoms with Gasteiger partial charge >= 0.3 is 17.9 Å². The van der Waals surface area contributed by atoms with Gasteiger partial charge in [-0.05, 0) is 32.4 Å². The molecule has 0 aromatic heterocycles. The van der Waals surface area contributed by atoms with Gasteiger partial charge in [0.2, 0.25) is 0 Å². The zero-order valence-corrected chi connectivity index (χ0v) is 17.3. The molecular formula is C22H28O7. The van der Waals surface area contributed by atoms with Gasteiger partial charge in [-0.3, -0.25) is 4.79 Å². The molecule has 29 heavy (non-hydrogen) atoms. The van der Waals surface area contributed by atoms with Crippen LogP contribution in [0.5, 0.6) is 0 Å². The predicted molar refractivity (Wildman–Crippen MR) is 106 cm³/mol. The number of hydrogen-bond acceptors (Lipinski definition) is 7. The van der Waals surface area contributed by atoms with Gasteiger partial charge in [-0.1, -0.05) is 24.3 Å². The lowest BCUT2D eigenvalue weighted by molar-refractivity contribution is -0.148. The number of rotatable bonds is 4. The van der Waals surface area contributed by atoms with Gasteiger partial charge in [0.15, 0.2) is 0 Å². The molecule has 4 atom stereocenters. The fourth-order valence-corrected chi connectivity index (χ4v) is 3.51. The summed E-state index contributed by atoms with van der Waals surface area (Å²) in [6.07, 6.45) is 4.09. The van der Waals surface area contributed by atoms with Crippen molar-refractivity contribution < 1.29 is 33.7 Å². The van der Waals surface area contributed by atoms with Crippen molar-refractivity contribution in [2.24, 2.45) is 5.92 Å². The first kappa shape index (κ1) is 22.6. The van der Waals surface area contributed by atoms with E-state index in [9.17, 15) is 19.5 Å². The summed E-state index contributed by atoms with van der Waals surface area (Å²) in [6.45, 7) is 10.1. The smallest absolute Gasteiger partial charge is 0.336 e. The van der Waals surface area contributed by atoms with Gasteiger partial charge in [-0.25, -0.2) is 9.59 Å². The number of esters is 3. The maximum absolute atomic E-state index is 12.4. The Bertz CT molecular complexity index is 787. The van der Waals surface area contributed by atoms with E-state index in [0.717, 1.165) is 11.1 Å². The van der Waals surface area contributed by atoms with E-state index in [2.05, 4.69) is 6.58 Å². The third-order valence-electron chi connectivity index (χ3n) is 5.15. The molecular weight excluding hydrogens is 376 g/mol. The molecule has 1 N–H and O–H groups in total. The van der Waals surface area contributed by atoms with Crippen molar-refractivity contribution in [3.8, 4) is 0 Å². The number of aliphatic hydroxyl groups excluding tert-OH is 1. The molecule has 1 aliphatic heterocycles. The number of allylic oxidation sites excluding steroid dienone is 1. The Kier molecular flexibility index (Phi) is 7.56. The second-order valence-corrected chi connectivity index (χ2v) is 7.34. The zero-order valence-electron chi connectivity index (χ0n) is 17.3. The standard InChI is InChI=1S/C22H28O7/c1-6-16(11-23)22(26)29-18-9-12(2)7-8-17(27-15(5)24)13(3)10-19-20(18)14(4)21(25)28-19/h6-7,10,17-20,23H,4,8-9,11H2,1-3,5H3/b12-7+,13-10-,16-6+/t17-,18+,19+,20+/m0/s1. The molecule has 7 heteroatoms. The van der Waals surface area contributed by atoms with Crippen LogP contribution in [0.25, 0.3) is 0 Å². The molecule has 2 rings (SSSR count). The molecule has 0 spiro atoms. The Morgan fingerprint density at radius 3 is 2.62 bits per heavy atom. The zero-order chi connectivity index (χ0) is 21.7. The molecule has 0 aromatic rings. The minimum atomic E-state index is -0.696. The Balaban J connectivity index is 2.43. The van der Waals surface area contributed by atoms with Crippen LogP contribution in [0.4, 0.5) is 0 Å². The summed E-state index contributed by atoms with van der Waals surface area (Å²) in [5.41, 5.74) is 2.00. The average Bonchev–Trinajstić information content (AvgIpc) is 2.91. The Labute approximate surface area is 170 Å². The second-order valence-electron chi connectivity index (χ2n) is 7.34. The molecule has 0 radical (unpaired) electrons. The molecule has 1 aliphatic carbocycles. The van der Waals surface area contributed by atoms with E-state index in [1.165, 1.54) is 13.0 Å². The molecule has 2 aliphatic rings. The third-order valence-corrected chi connectivity index (χ3v) is 5.15. The first-order valence-electron chi connectivity index (χ1n) is 9.55. The molecule has 158 valence electrons. The van der Waals surface area contributed by atoms with Gasteiger partial charge in [0.1, 0.15) is 18.3 Å². The third kappa shape index (κ3) is 5.44. The summed E-state index contributed by atoms with van der Waals surface area (Å²) in [7, 11) is 0. The van der Waals surface area contributed by atoms with Crippen molar-refractivity contribution in [3.05, 3.63) is 47.1 Å². The van der Waals surface area contributed by atoms with Crippen LogP contribution in [0.2, 0.25) is 0 Å². The maximum atomic E-state index is 12.4. The van der Waals surface area contributed by atoms with E-state index in [-0.39, 0.29) is 11.1 Å². The van der Waals surface area contributed by atoms with E-state index in [0.29, 0.717) is 12.8 Å². The monoisotopic (exact) mass is 404 g/mol. The Morgan fingerprint density at radius 1 is 1.34 bits per heavy atom. The fourth-order valence-electron chi connectivity index (χ4n) is 3.51. The van der Waals surface area contributed by atoms with Gasteiger partial charge < -0.3 is 19.3 Å². The molecule has 0 saturated carbocycles. The molecule has 1 fully saturated rings. The van der Waals surface area contributed by atoms with Crippen LogP contribution in [0, 0.1) is 5.92 Å². The van der Waals surface area contributed by atoms with Gasteiger partial charge in [-0.15, -0.1) is 0 Å². The lowest BCUT2D eigenvalue weighted by Gasteiger charge is -2.28. The van der Waals surface area contributed by atoms with Crippen LogP contribution in [-0.4, -0.2) is 47.9 Å². The maximum Gasteiger partial charge on any atom is 0.336 e. The van der Waals surface area contributed by atoms with Crippen LogP contribution in [-0.2, 0) is 28.6 Å². The number of carbonyl (C=O) groups excluding carboxylic acids is 3. The van der Waals surface area contributed by atoms with E-state index in [1.807, 2.05) is 13.0 Å². The highest BCUT2D eigenvalue weighted by Crippen LogP contribution is 2.36. The highest BCUT2D eigenvalue weighted by atomic mass is 16.6.